The van der Waals surface area contributed by atoms with Gasteiger partial charge in [0.25, 0.3) is 0 Å². The molecule has 1 fully saturated rings. The van der Waals surface area contributed by atoms with E-state index < -0.39 is 5.54 Å². The van der Waals surface area contributed by atoms with Crippen molar-refractivity contribution in [2.45, 2.75) is 51.6 Å². The zero-order valence-electron chi connectivity index (χ0n) is 9.59. The zero-order chi connectivity index (χ0) is 10.8. The van der Waals surface area contributed by atoms with Crippen LogP contribution in [0.3, 0.4) is 0 Å². The van der Waals surface area contributed by atoms with Crippen LogP contribution in [0.1, 0.15) is 40.0 Å². The fourth-order valence-electron chi connectivity index (χ4n) is 2.14. The summed E-state index contributed by atoms with van der Waals surface area (Å²) in [5, 5.41) is 3.38. The Morgan fingerprint density at radius 2 is 2.07 bits per heavy atom. The molecule has 0 aromatic rings. The lowest BCUT2D eigenvalue weighted by Gasteiger charge is -2.29. The third-order valence-corrected chi connectivity index (χ3v) is 3.10. The van der Waals surface area contributed by atoms with Crippen LogP contribution >= 0.6 is 0 Å². The largest absolute Gasteiger partial charge is 0.468 e. The molecule has 3 nitrogen and oxygen atoms in total. The lowest BCUT2D eigenvalue weighted by Crippen LogP contribution is -2.52. The number of hydrogen-bond acceptors (Lipinski definition) is 3. The Hall–Kier alpha value is -0.570. The van der Waals surface area contributed by atoms with Crippen LogP contribution < -0.4 is 5.32 Å². The molecule has 0 aliphatic heterocycles. The van der Waals surface area contributed by atoms with Gasteiger partial charge in [-0.2, -0.15) is 0 Å². The molecule has 1 aliphatic carbocycles. The van der Waals surface area contributed by atoms with E-state index in [1.54, 1.807) is 0 Å². The van der Waals surface area contributed by atoms with Crippen LogP contribution in [0.25, 0.3) is 0 Å². The van der Waals surface area contributed by atoms with Gasteiger partial charge in [0.15, 0.2) is 0 Å². The fraction of sp³-hybridized carbons (Fsp3) is 0.909. The maximum Gasteiger partial charge on any atom is 0.325 e. The first-order valence-corrected chi connectivity index (χ1v) is 5.33. The summed E-state index contributed by atoms with van der Waals surface area (Å²) < 4.78 is 4.76. The van der Waals surface area contributed by atoms with Crippen molar-refractivity contribution in [2.24, 2.45) is 5.92 Å². The van der Waals surface area contributed by atoms with Crippen molar-refractivity contribution >= 4 is 5.97 Å². The van der Waals surface area contributed by atoms with Crippen molar-refractivity contribution in [3.05, 3.63) is 0 Å². The third kappa shape index (κ3) is 2.47. The topological polar surface area (TPSA) is 38.3 Å². The van der Waals surface area contributed by atoms with E-state index in [0.29, 0.717) is 12.0 Å². The molecule has 2 unspecified atom stereocenters. The molecule has 1 N–H and O–H groups in total. The van der Waals surface area contributed by atoms with E-state index in [1.807, 2.05) is 13.8 Å². The summed E-state index contributed by atoms with van der Waals surface area (Å²) in [5.41, 5.74) is -0.558. The summed E-state index contributed by atoms with van der Waals surface area (Å²) in [4.78, 5) is 11.4. The van der Waals surface area contributed by atoms with Gasteiger partial charge in [0.2, 0.25) is 0 Å². The van der Waals surface area contributed by atoms with Gasteiger partial charge in [0.1, 0.15) is 5.54 Å². The van der Waals surface area contributed by atoms with Gasteiger partial charge >= 0.3 is 5.97 Å². The minimum absolute atomic E-state index is 0.184. The van der Waals surface area contributed by atoms with E-state index in [-0.39, 0.29) is 5.97 Å². The van der Waals surface area contributed by atoms with Crippen LogP contribution in [0.15, 0.2) is 0 Å². The van der Waals surface area contributed by atoms with Gasteiger partial charge in [-0.25, -0.2) is 0 Å². The standard InChI is InChI=1S/C11H21NO2/c1-8-6-5-7-9(8)12-11(2,3)10(13)14-4/h8-9,12H,5-7H2,1-4H3. The Bertz CT molecular complexity index is 213. The molecule has 0 saturated heterocycles. The molecule has 1 rings (SSSR count). The highest BCUT2D eigenvalue weighted by molar-refractivity contribution is 5.79. The number of rotatable bonds is 3. The molecule has 1 aliphatic rings. The smallest absolute Gasteiger partial charge is 0.325 e. The zero-order valence-corrected chi connectivity index (χ0v) is 9.59. The summed E-state index contributed by atoms with van der Waals surface area (Å²) >= 11 is 0. The summed E-state index contributed by atoms with van der Waals surface area (Å²) in [6.45, 7) is 5.99. The number of nitrogens with one attached hydrogen (secondary N) is 1. The minimum Gasteiger partial charge on any atom is -0.468 e. The predicted octanol–water partition coefficient (Wildman–Crippen LogP) is 1.72. The van der Waals surface area contributed by atoms with Gasteiger partial charge in [0.05, 0.1) is 7.11 Å². The van der Waals surface area contributed by atoms with Crippen LogP contribution in [-0.4, -0.2) is 24.7 Å². The molecule has 2 atom stereocenters. The molecular formula is C11H21NO2. The second kappa shape index (κ2) is 4.30. The summed E-state index contributed by atoms with van der Waals surface area (Å²) in [7, 11) is 1.43. The van der Waals surface area contributed by atoms with Crippen molar-refractivity contribution in [1.29, 1.82) is 0 Å². The molecule has 1 saturated carbocycles. The normalized spacial score (nSPS) is 27.7. The first-order valence-electron chi connectivity index (χ1n) is 5.33. The monoisotopic (exact) mass is 199 g/mol. The van der Waals surface area contributed by atoms with E-state index in [2.05, 4.69) is 12.2 Å². The molecule has 0 heterocycles. The molecule has 0 aromatic carbocycles. The first kappa shape index (κ1) is 11.5. The number of esters is 1. The Morgan fingerprint density at radius 3 is 2.50 bits per heavy atom. The van der Waals surface area contributed by atoms with Gasteiger partial charge in [-0.05, 0) is 32.6 Å². The SMILES string of the molecule is COC(=O)C(C)(C)NC1CCCC1C. The van der Waals surface area contributed by atoms with E-state index >= 15 is 0 Å². The molecule has 0 bridgehead atoms. The van der Waals surface area contributed by atoms with Crippen molar-refractivity contribution < 1.29 is 9.53 Å². The summed E-state index contributed by atoms with van der Waals surface area (Å²) in [6, 6.07) is 0.462. The van der Waals surface area contributed by atoms with E-state index in [0.717, 1.165) is 0 Å². The third-order valence-electron chi connectivity index (χ3n) is 3.10. The van der Waals surface area contributed by atoms with E-state index in [1.165, 1.54) is 26.4 Å². The number of carbonyl (C=O) groups excluding carboxylic acids is 1. The highest BCUT2D eigenvalue weighted by Gasteiger charge is 2.34. The van der Waals surface area contributed by atoms with E-state index in [9.17, 15) is 4.79 Å². The van der Waals surface area contributed by atoms with Crippen molar-refractivity contribution in [2.75, 3.05) is 7.11 Å². The highest BCUT2D eigenvalue weighted by atomic mass is 16.5. The number of carbonyl (C=O) groups is 1. The minimum atomic E-state index is -0.558. The molecule has 3 heteroatoms. The van der Waals surface area contributed by atoms with Gasteiger partial charge < -0.3 is 4.74 Å². The fourth-order valence-corrected chi connectivity index (χ4v) is 2.14. The molecule has 82 valence electrons. The Morgan fingerprint density at radius 1 is 1.43 bits per heavy atom. The Labute approximate surface area is 86.2 Å². The van der Waals surface area contributed by atoms with Crippen LogP contribution in [-0.2, 0) is 9.53 Å². The lowest BCUT2D eigenvalue weighted by atomic mass is 9.99. The maximum atomic E-state index is 11.4. The van der Waals surface area contributed by atoms with E-state index in [4.69, 9.17) is 4.74 Å². The van der Waals surface area contributed by atoms with Gasteiger partial charge in [-0.3, -0.25) is 10.1 Å². The number of hydrogen-bond donors (Lipinski definition) is 1. The Kier molecular flexibility index (Phi) is 3.53. The second-order valence-electron chi connectivity index (χ2n) is 4.78. The van der Waals surface area contributed by atoms with Gasteiger partial charge in [-0.1, -0.05) is 13.3 Å². The average Bonchev–Trinajstić information content (AvgIpc) is 2.50. The molecular weight excluding hydrogens is 178 g/mol. The van der Waals surface area contributed by atoms with Crippen molar-refractivity contribution in [1.82, 2.24) is 5.32 Å². The second-order valence-corrected chi connectivity index (χ2v) is 4.78. The molecule has 0 spiro atoms. The number of methoxy groups -OCH3 is 1. The molecule has 14 heavy (non-hydrogen) atoms. The van der Waals surface area contributed by atoms with Gasteiger partial charge in [-0.15, -0.1) is 0 Å². The highest BCUT2D eigenvalue weighted by Crippen LogP contribution is 2.26. The maximum absolute atomic E-state index is 11.4. The Balaban J connectivity index is 2.53. The van der Waals surface area contributed by atoms with Crippen LogP contribution in [0, 0.1) is 5.92 Å². The quantitative estimate of drug-likeness (QED) is 0.703. The predicted molar refractivity (Wildman–Crippen MR) is 56.0 cm³/mol. The molecule has 0 aromatic heterocycles. The summed E-state index contributed by atoms with van der Waals surface area (Å²) in [5.74, 6) is 0.482. The van der Waals surface area contributed by atoms with Crippen molar-refractivity contribution in [3.63, 3.8) is 0 Å². The van der Waals surface area contributed by atoms with Crippen LogP contribution in [0.5, 0.6) is 0 Å². The molecule has 0 amide bonds. The number of ether oxygens (including phenoxy) is 1. The first-order chi connectivity index (χ1) is 6.47. The van der Waals surface area contributed by atoms with Gasteiger partial charge in [0, 0.05) is 6.04 Å². The van der Waals surface area contributed by atoms with Crippen molar-refractivity contribution in [3.8, 4) is 0 Å². The average molecular weight is 199 g/mol. The van der Waals surface area contributed by atoms with Crippen LogP contribution in [0.2, 0.25) is 0 Å². The molecule has 0 radical (unpaired) electrons. The van der Waals surface area contributed by atoms with Crippen LogP contribution in [0.4, 0.5) is 0 Å². The summed E-state index contributed by atoms with van der Waals surface area (Å²) in [6.07, 6.45) is 3.69. The lowest BCUT2D eigenvalue weighted by molar-refractivity contribution is -0.147.